The molecule has 0 saturated carbocycles. The van der Waals surface area contributed by atoms with Gasteiger partial charge in [-0.1, -0.05) is 19.8 Å². The van der Waals surface area contributed by atoms with E-state index in [1.54, 1.807) is 6.92 Å². The highest BCUT2D eigenvalue weighted by Gasteiger charge is 2.47. The number of benzene rings is 1. The standard InChI is InChI=1S/C38H54N7O18P3/c1-5-58-36(49)25-16-23-15-24-22(2)18-38(3,4)45(26(24)17-27(23)61-37(25)50)14-10-11-29(46)39-12-8-6-7-9-13-40-33-30-34(42-20-41-33)44(21-43-30)35-32(48)31(47)28(60-35)19-59-65(54,55)63-66(56,57)62-64(51,52)53/h15-17,20-22,28,31-32,35,47-48H,5-14,18-19H2,1-4H3,(H,39,46)(H,54,55)(H,56,57)(H,40,41,42)(H2,51,52,53)/t22?,28-,31-,32-,35-/m1/s1. The number of amides is 1. The van der Waals surface area contributed by atoms with Gasteiger partial charge in [0.25, 0.3) is 0 Å². The van der Waals surface area contributed by atoms with Gasteiger partial charge in [0.1, 0.15) is 35.8 Å². The highest BCUT2D eigenvalue weighted by atomic mass is 31.3. The first kappa shape index (κ1) is 51.2. The molecule has 5 heterocycles. The predicted octanol–water partition coefficient (Wildman–Crippen LogP) is 3.73. The molecule has 7 atom stereocenters. The maximum Gasteiger partial charge on any atom is 0.490 e. The molecule has 0 radical (unpaired) electrons. The second kappa shape index (κ2) is 21.0. The molecular weight excluding hydrogens is 935 g/mol. The topological polar surface area (TPSA) is 354 Å². The first-order valence-corrected chi connectivity index (χ1v) is 25.6. The molecule has 0 spiro atoms. The van der Waals surface area contributed by atoms with Crippen LogP contribution in [0, 0.1) is 0 Å². The first-order valence-electron chi connectivity index (χ1n) is 21.0. The van der Waals surface area contributed by atoms with Crippen molar-refractivity contribution in [1.82, 2.24) is 24.8 Å². The van der Waals surface area contributed by atoms with Gasteiger partial charge in [-0.2, -0.15) is 8.62 Å². The summed E-state index contributed by atoms with van der Waals surface area (Å²) in [5.74, 6) is -0.196. The molecule has 1 amide bonds. The summed E-state index contributed by atoms with van der Waals surface area (Å²) in [5, 5.41) is 28.1. The molecular formula is C38H54N7O18P3. The molecule has 4 aromatic rings. The van der Waals surface area contributed by atoms with Crippen LogP contribution in [0.3, 0.4) is 0 Å². The summed E-state index contributed by atoms with van der Waals surface area (Å²) in [5.41, 5.74) is 1.75. The zero-order chi connectivity index (χ0) is 48.2. The number of aromatic nitrogens is 4. The Kier molecular flexibility index (Phi) is 16.3. The van der Waals surface area contributed by atoms with Crippen LogP contribution >= 0.6 is 23.5 Å². The van der Waals surface area contributed by atoms with Crippen LogP contribution in [-0.4, -0.2) is 118 Å². The normalized spacial score (nSPS) is 22.5. The Hall–Kier alpha value is -4.19. The summed E-state index contributed by atoms with van der Waals surface area (Å²) in [6.07, 6.45) is 1.32. The lowest BCUT2D eigenvalue weighted by atomic mass is 9.79. The molecule has 2 aliphatic heterocycles. The molecule has 364 valence electrons. The summed E-state index contributed by atoms with van der Waals surface area (Å²) in [7, 11) is -16.9. The summed E-state index contributed by atoms with van der Waals surface area (Å²) in [6, 6.07) is 5.34. The molecule has 6 rings (SSSR count). The van der Waals surface area contributed by atoms with E-state index in [1.165, 1.54) is 23.3 Å². The number of hydrogen-bond donors (Lipinski definition) is 8. The Bertz CT molecular complexity index is 2600. The van der Waals surface area contributed by atoms with E-state index in [4.69, 9.17) is 23.7 Å². The number of hydrogen-bond acceptors (Lipinski definition) is 19. The van der Waals surface area contributed by atoms with E-state index in [0.29, 0.717) is 54.8 Å². The SMILES string of the molecule is CCOC(=O)c1cc2cc3c(cc2oc1=O)N(CCCC(=O)NCCCCCCNc1ncnc2c1ncn2[C@@H]1O[C@H](COP(=O)(O)OP(=O)(O)OP(=O)(O)O)[C@@H](O)[C@H]1O)C(C)(C)CC3C. The fraction of sp³-hybridized carbons (Fsp3) is 0.579. The molecule has 25 nitrogen and oxygen atoms in total. The molecule has 0 bridgehead atoms. The minimum Gasteiger partial charge on any atom is -0.462 e. The second-order valence-corrected chi connectivity index (χ2v) is 20.9. The highest BCUT2D eigenvalue weighted by molar-refractivity contribution is 7.66. The van der Waals surface area contributed by atoms with E-state index >= 15 is 0 Å². The van der Waals surface area contributed by atoms with Crippen molar-refractivity contribution >= 4 is 69.0 Å². The Labute approximate surface area is 377 Å². The molecule has 3 unspecified atom stereocenters. The largest absolute Gasteiger partial charge is 0.490 e. The molecule has 8 N–H and O–H groups in total. The van der Waals surface area contributed by atoms with Gasteiger partial charge < -0.3 is 59.2 Å². The van der Waals surface area contributed by atoms with E-state index in [0.717, 1.165) is 43.4 Å². The molecule has 28 heteroatoms. The number of aliphatic hydroxyl groups excluding tert-OH is 2. The van der Waals surface area contributed by atoms with Gasteiger partial charge in [0, 0.05) is 48.7 Å². The van der Waals surface area contributed by atoms with Gasteiger partial charge in [-0.15, -0.1) is 0 Å². The lowest BCUT2D eigenvalue weighted by Crippen LogP contribution is -2.49. The van der Waals surface area contributed by atoms with Crippen molar-refractivity contribution in [1.29, 1.82) is 0 Å². The molecule has 1 aromatic carbocycles. The summed E-state index contributed by atoms with van der Waals surface area (Å²) < 4.78 is 64.0. The van der Waals surface area contributed by atoms with Crippen LogP contribution in [0.25, 0.3) is 22.1 Å². The molecule has 1 saturated heterocycles. The van der Waals surface area contributed by atoms with Gasteiger partial charge >= 0.3 is 35.1 Å². The van der Waals surface area contributed by atoms with Gasteiger partial charge in [0.15, 0.2) is 23.2 Å². The van der Waals surface area contributed by atoms with Crippen molar-refractivity contribution in [2.24, 2.45) is 0 Å². The van der Waals surface area contributed by atoms with Crippen molar-refractivity contribution in [3.63, 3.8) is 0 Å². The quantitative estimate of drug-likeness (QED) is 0.0241. The number of rotatable bonds is 22. The van der Waals surface area contributed by atoms with Crippen molar-refractivity contribution in [3.8, 4) is 0 Å². The summed E-state index contributed by atoms with van der Waals surface area (Å²) >= 11 is 0. The van der Waals surface area contributed by atoms with Crippen LogP contribution in [0.2, 0.25) is 0 Å². The Morgan fingerprint density at radius 2 is 1.67 bits per heavy atom. The Morgan fingerprint density at radius 1 is 0.939 bits per heavy atom. The fourth-order valence-corrected chi connectivity index (χ4v) is 11.2. The zero-order valence-electron chi connectivity index (χ0n) is 36.4. The van der Waals surface area contributed by atoms with Gasteiger partial charge in [0.2, 0.25) is 5.91 Å². The molecule has 3 aromatic heterocycles. The Balaban J connectivity index is 0.917. The predicted molar refractivity (Wildman–Crippen MR) is 233 cm³/mol. The van der Waals surface area contributed by atoms with Crippen molar-refractivity contribution in [2.45, 2.75) is 109 Å². The number of imidazole rings is 1. The third-order valence-corrected chi connectivity index (χ3v) is 14.8. The smallest absolute Gasteiger partial charge is 0.462 e. The minimum atomic E-state index is -5.77. The fourth-order valence-electron chi connectivity index (χ4n) is 8.13. The van der Waals surface area contributed by atoms with Crippen molar-refractivity contribution in [3.05, 3.63) is 52.4 Å². The summed E-state index contributed by atoms with van der Waals surface area (Å²) in [4.78, 5) is 89.3. The maximum atomic E-state index is 12.8. The van der Waals surface area contributed by atoms with E-state index in [2.05, 4.69) is 64.4 Å². The van der Waals surface area contributed by atoms with Gasteiger partial charge in [-0.05, 0) is 70.1 Å². The van der Waals surface area contributed by atoms with Gasteiger partial charge in [-0.3, -0.25) is 13.9 Å². The number of phosphoric ester groups is 1. The zero-order valence-corrected chi connectivity index (χ0v) is 39.1. The first-order chi connectivity index (χ1) is 31.0. The van der Waals surface area contributed by atoms with E-state index in [1.807, 2.05) is 12.1 Å². The third-order valence-electron chi connectivity index (χ3n) is 11.0. The lowest BCUT2D eigenvalue weighted by Gasteiger charge is -2.47. The van der Waals surface area contributed by atoms with Crippen molar-refractivity contribution < 1.29 is 80.1 Å². The molecule has 66 heavy (non-hydrogen) atoms. The molecule has 2 aliphatic rings. The number of ether oxygens (including phenoxy) is 2. The average molecular weight is 990 g/mol. The van der Waals surface area contributed by atoms with Crippen LogP contribution in [0.15, 0.2) is 40.1 Å². The van der Waals surface area contributed by atoms with Crippen LogP contribution < -0.4 is 21.2 Å². The summed E-state index contributed by atoms with van der Waals surface area (Å²) in [6.45, 7) is 8.91. The number of carbonyl (C=O) groups excluding carboxylic acids is 2. The third kappa shape index (κ3) is 12.7. The Morgan fingerprint density at radius 3 is 2.38 bits per heavy atom. The number of esters is 1. The second-order valence-electron chi connectivity index (χ2n) is 16.5. The van der Waals surface area contributed by atoms with Gasteiger partial charge in [-0.25, -0.2) is 38.2 Å². The average Bonchev–Trinajstić information content (AvgIpc) is 3.76. The monoisotopic (exact) mass is 989 g/mol. The number of phosphoric acid groups is 3. The maximum absolute atomic E-state index is 12.8. The van der Waals surface area contributed by atoms with Crippen LogP contribution in [-0.2, 0) is 41.1 Å². The van der Waals surface area contributed by atoms with Gasteiger partial charge in [0.05, 0.1) is 19.5 Å². The number of anilines is 2. The number of aliphatic hydroxyl groups is 2. The number of carbonyl (C=O) groups is 2. The number of nitrogens with one attached hydrogen (secondary N) is 2. The van der Waals surface area contributed by atoms with Crippen LogP contribution in [0.1, 0.15) is 101 Å². The highest BCUT2D eigenvalue weighted by Crippen LogP contribution is 2.66. The van der Waals surface area contributed by atoms with Crippen LogP contribution in [0.4, 0.5) is 11.5 Å². The van der Waals surface area contributed by atoms with Crippen molar-refractivity contribution in [2.75, 3.05) is 43.1 Å². The number of unbranched alkanes of at least 4 members (excludes halogenated alkanes) is 3. The minimum absolute atomic E-state index is 0.0491. The number of fused-ring (bicyclic) bond motifs is 3. The molecule has 0 aliphatic carbocycles. The van der Waals surface area contributed by atoms with Crippen LogP contribution in [0.5, 0.6) is 0 Å². The van der Waals surface area contributed by atoms with E-state index < -0.39 is 66.2 Å². The van der Waals surface area contributed by atoms with E-state index in [-0.39, 0.29) is 35.2 Å². The molecule has 1 fully saturated rings. The lowest BCUT2D eigenvalue weighted by molar-refractivity contribution is -0.121. The number of nitrogens with zero attached hydrogens (tertiary/aromatic N) is 5. The van der Waals surface area contributed by atoms with E-state index in [9.17, 15) is 48.1 Å².